The zero-order valence-corrected chi connectivity index (χ0v) is 13.6. The third-order valence-electron chi connectivity index (χ3n) is 3.38. The first-order valence-electron chi connectivity index (χ1n) is 7.56. The molecular formula is C16H17N5O4. The summed E-state index contributed by atoms with van der Waals surface area (Å²) in [6.07, 6.45) is 4.81. The number of rotatable bonds is 7. The van der Waals surface area contributed by atoms with Gasteiger partial charge in [0.2, 0.25) is 0 Å². The smallest absolute Gasteiger partial charge is 0.272 e. The maximum absolute atomic E-state index is 12.0. The van der Waals surface area contributed by atoms with E-state index in [1.807, 2.05) is 0 Å². The molecule has 0 radical (unpaired) electrons. The summed E-state index contributed by atoms with van der Waals surface area (Å²) in [5, 5.41) is 16.1. The highest BCUT2D eigenvalue weighted by Gasteiger charge is 2.13. The largest absolute Gasteiger partial charge is 0.352 e. The maximum atomic E-state index is 12.0. The minimum atomic E-state index is -0.489. The van der Waals surface area contributed by atoms with E-state index in [9.17, 15) is 19.7 Å². The molecule has 0 unspecified atom stereocenters. The molecule has 2 aromatic rings. The Labute approximate surface area is 143 Å². The topological polar surface area (TPSA) is 127 Å². The Morgan fingerprint density at radius 3 is 2.48 bits per heavy atom. The van der Waals surface area contributed by atoms with E-state index in [0.717, 1.165) is 0 Å². The summed E-state index contributed by atoms with van der Waals surface area (Å²) in [5.74, 6) is -0.649. The Balaban J connectivity index is 1.75. The quantitative estimate of drug-likeness (QED) is 0.442. The lowest BCUT2D eigenvalue weighted by atomic mass is 10.1. The van der Waals surface area contributed by atoms with Crippen LogP contribution in [0.25, 0.3) is 0 Å². The summed E-state index contributed by atoms with van der Waals surface area (Å²) >= 11 is 0. The summed E-state index contributed by atoms with van der Waals surface area (Å²) in [6, 6.07) is 4.20. The van der Waals surface area contributed by atoms with Crippen molar-refractivity contribution in [1.29, 1.82) is 0 Å². The summed E-state index contributed by atoms with van der Waals surface area (Å²) in [4.78, 5) is 41.7. The number of nitrogens with zero attached hydrogens (tertiary/aromatic N) is 3. The van der Waals surface area contributed by atoms with Gasteiger partial charge in [0.25, 0.3) is 17.5 Å². The van der Waals surface area contributed by atoms with Gasteiger partial charge in [-0.1, -0.05) is 0 Å². The van der Waals surface area contributed by atoms with Crippen LogP contribution in [0.1, 0.15) is 32.8 Å². The van der Waals surface area contributed by atoms with E-state index >= 15 is 0 Å². The van der Waals surface area contributed by atoms with Gasteiger partial charge in [0, 0.05) is 42.7 Å². The molecule has 25 heavy (non-hydrogen) atoms. The Bertz CT molecular complexity index is 779. The van der Waals surface area contributed by atoms with Gasteiger partial charge < -0.3 is 10.6 Å². The number of aryl methyl sites for hydroxylation is 1. The number of nitrogens with one attached hydrogen (secondary N) is 2. The van der Waals surface area contributed by atoms with Crippen LogP contribution >= 0.6 is 0 Å². The van der Waals surface area contributed by atoms with Gasteiger partial charge in [0.1, 0.15) is 5.69 Å². The maximum Gasteiger partial charge on any atom is 0.272 e. The highest BCUT2D eigenvalue weighted by atomic mass is 16.6. The minimum absolute atomic E-state index is 0.0247. The lowest BCUT2D eigenvalue weighted by molar-refractivity contribution is -0.385. The fourth-order valence-electron chi connectivity index (χ4n) is 2.10. The minimum Gasteiger partial charge on any atom is -0.352 e. The van der Waals surface area contributed by atoms with Gasteiger partial charge in [0.15, 0.2) is 0 Å². The molecule has 9 nitrogen and oxygen atoms in total. The first kappa shape index (κ1) is 18.0. The van der Waals surface area contributed by atoms with Gasteiger partial charge >= 0.3 is 0 Å². The Hall–Kier alpha value is -3.36. The van der Waals surface area contributed by atoms with Crippen LogP contribution in [0.2, 0.25) is 0 Å². The van der Waals surface area contributed by atoms with Crippen molar-refractivity contribution in [2.75, 3.05) is 13.1 Å². The average Bonchev–Trinajstić information content (AvgIpc) is 2.61. The van der Waals surface area contributed by atoms with Gasteiger partial charge in [-0.3, -0.25) is 24.7 Å². The number of hydrogen-bond acceptors (Lipinski definition) is 6. The molecule has 0 spiro atoms. The van der Waals surface area contributed by atoms with Crippen LogP contribution in [-0.4, -0.2) is 39.8 Å². The Morgan fingerprint density at radius 2 is 1.88 bits per heavy atom. The van der Waals surface area contributed by atoms with Gasteiger partial charge in [0.05, 0.1) is 11.1 Å². The number of amides is 2. The summed E-state index contributed by atoms with van der Waals surface area (Å²) in [6.45, 7) is 2.31. The van der Waals surface area contributed by atoms with Crippen LogP contribution < -0.4 is 10.6 Å². The van der Waals surface area contributed by atoms with E-state index in [4.69, 9.17) is 0 Å². The average molecular weight is 343 g/mol. The second-order valence-electron chi connectivity index (χ2n) is 5.21. The molecule has 1 aromatic carbocycles. The molecule has 130 valence electrons. The summed E-state index contributed by atoms with van der Waals surface area (Å²) in [5.41, 5.74) is 0.983. The standard InChI is InChI=1S/C16H17N5O4/c1-11-9-12(3-4-14(11)21(24)25)15(22)19-5-2-6-20-16(23)13-10-17-7-8-18-13/h3-4,7-10H,2,5-6H2,1H3,(H,19,22)(H,20,23). The fourth-order valence-corrected chi connectivity index (χ4v) is 2.10. The molecule has 0 saturated heterocycles. The lowest BCUT2D eigenvalue weighted by Crippen LogP contribution is -2.30. The molecule has 0 fully saturated rings. The molecule has 0 aliphatic carbocycles. The number of benzene rings is 1. The third kappa shape index (κ3) is 5.06. The van der Waals surface area contributed by atoms with Crippen LogP contribution in [0, 0.1) is 17.0 Å². The van der Waals surface area contributed by atoms with E-state index in [1.54, 1.807) is 6.92 Å². The number of carbonyl (C=O) groups excluding carboxylic acids is 2. The van der Waals surface area contributed by atoms with E-state index in [-0.39, 0.29) is 23.2 Å². The van der Waals surface area contributed by atoms with Crippen LogP contribution in [-0.2, 0) is 0 Å². The lowest BCUT2D eigenvalue weighted by Gasteiger charge is -2.07. The van der Waals surface area contributed by atoms with E-state index in [1.165, 1.54) is 36.8 Å². The monoisotopic (exact) mass is 343 g/mol. The zero-order chi connectivity index (χ0) is 18.2. The predicted octanol–water partition coefficient (Wildman–Crippen LogP) is 1.24. The van der Waals surface area contributed by atoms with Crippen molar-refractivity contribution < 1.29 is 14.5 Å². The normalized spacial score (nSPS) is 10.1. The second-order valence-corrected chi connectivity index (χ2v) is 5.21. The van der Waals surface area contributed by atoms with Crippen LogP contribution in [0.3, 0.4) is 0 Å². The number of aromatic nitrogens is 2. The molecule has 0 bridgehead atoms. The molecule has 0 aliphatic heterocycles. The first-order valence-corrected chi connectivity index (χ1v) is 7.56. The molecule has 1 aromatic heterocycles. The van der Waals surface area contributed by atoms with Crippen molar-refractivity contribution in [1.82, 2.24) is 20.6 Å². The molecule has 2 amide bonds. The van der Waals surface area contributed by atoms with Crippen molar-refractivity contribution in [2.45, 2.75) is 13.3 Å². The highest BCUT2D eigenvalue weighted by Crippen LogP contribution is 2.18. The van der Waals surface area contributed by atoms with Crippen molar-refractivity contribution in [3.05, 3.63) is 63.7 Å². The highest BCUT2D eigenvalue weighted by molar-refractivity contribution is 5.94. The summed E-state index contributed by atoms with van der Waals surface area (Å²) in [7, 11) is 0. The molecule has 0 saturated carbocycles. The van der Waals surface area contributed by atoms with Crippen LogP contribution in [0.4, 0.5) is 5.69 Å². The SMILES string of the molecule is Cc1cc(C(=O)NCCCNC(=O)c2cnccn2)ccc1[N+](=O)[O-]. The molecule has 9 heteroatoms. The Morgan fingerprint density at radius 1 is 1.16 bits per heavy atom. The molecular weight excluding hydrogens is 326 g/mol. The van der Waals surface area contributed by atoms with Gasteiger partial charge in [-0.25, -0.2) is 4.98 Å². The Kier molecular flexibility index (Phi) is 6.10. The van der Waals surface area contributed by atoms with Crippen LogP contribution in [0.15, 0.2) is 36.8 Å². The number of carbonyl (C=O) groups is 2. The zero-order valence-electron chi connectivity index (χ0n) is 13.6. The molecule has 0 aliphatic rings. The van der Waals surface area contributed by atoms with Crippen LogP contribution in [0.5, 0.6) is 0 Å². The van der Waals surface area contributed by atoms with Crippen molar-refractivity contribution in [2.24, 2.45) is 0 Å². The van der Waals surface area contributed by atoms with Crippen molar-refractivity contribution >= 4 is 17.5 Å². The second kappa shape index (κ2) is 8.48. The van der Waals surface area contributed by atoms with Gasteiger partial charge in [-0.15, -0.1) is 0 Å². The first-order chi connectivity index (χ1) is 12.0. The van der Waals surface area contributed by atoms with E-state index < -0.39 is 4.92 Å². The number of hydrogen-bond donors (Lipinski definition) is 2. The number of nitro benzene ring substituents is 1. The van der Waals surface area contributed by atoms with E-state index in [2.05, 4.69) is 20.6 Å². The fraction of sp³-hybridized carbons (Fsp3) is 0.250. The van der Waals surface area contributed by atoms with Crippen molar-refractivity contribution in [3.63, 3.8) is 0 Å². The molecule has 2 rings (SSSR count). The third-order valence-corrected chi connectivity index (χ3v) is 3.38. The van der Waals surface area contributed by atoms with Gasteiger partial charge in [-0.2, -0.15) is 0 Å². The summed E-state index contributed by atoms with van der Waals surface area (Å²) < 4.78 is 0. The predicted molar refractivity (Wildman–Crippen MR) is 89.1 cm³/mol. The number of nitro groups is 1. The molecule has 1 heterocycles. The van der Waals surface area contributed by atoms with Gasteiger partial charge in [-0.05, 0) is 25.5 Å². The van der Waals surface area contributed by atoms with Crippen molar-refractivity contribution in [3.8, 4) is 0 Å². The molecule has 2 N–H and O–H groups in total. The van der Waals surface area contributed by atoms with E-state index in [0.29, 0.717) is 30.6 Å². The molecule has 0 atom stereocenters.